The van der Waals surface area contributed by atoms with E-state index in [9.17, 15) is 4.39 Å². The Bertz CT molecular complexity index is 394. The van der Waals surface area contributed by atoms with E-state index >= 15 is 0 Å². The summed E-state index contributed by atoms with van der Waals surface area (Å²) in [6.45, 7) is 0.734. The number of rotatable bonds is 3. The fraction of sp³-hybridized carbons (Fsp3) is 0.600. The van der Waals surface area contributed by atoms with E-state index in [1.54, 1.807) is 6.07 Å². The second-order valence-electron chi connectivity index (χ2n) is 5.31. The molecule has 0 spiro atoms. The van der Waals surface area contributed by atoms with Gasteiger partial charge >= 0.3 is 0 Å². The summed E-state index contributed by atoms with van der Waals surface area (Å²) in [6.07, 6.45) is 7.08. The van der Waals surface area contributed by atoms with Crippen LogP contribution >= 0.6 is 11.6 Å². The molecule has 2 N–H and O–H groups in total. The van der Waals surface area contributed by atoms with E-state index in [1.165, 1.54) is 38.2 Å². The SMILES string of the molecule is NCC1CCCCCC1Cc1cccc(F)c1Cl. The Morgan fingerprint density at radius 2 is 1.89 bits per heavy atom. The van der Waals surface area contributed by atoms with E-state index in [0.717, 1.165) is 18.5 Å². The first kappa shape index (κ1) is 13.8. The normalized spacial score (nSPS) is 24.8. The molecule has 0 aliphatic heterocycles. The molecule has 1 aliphatic rings. The molecule has 1 aromatic carbocycles. The first-order valence-corrected chi connectivity index (χ1v) is 7.23. The number of benzene rings is 1. The molecule has 1 nitrogen and oxygen atoms in total. The quantitative estimate of drug-likeness (QED) is 0.819. The average molecular weight is 270 g/mol. The zero-order chi connectivity index (χ0) is 13.0. The molecule has 2 atom stereocenters. The van der Waals surface area contributed by atoms with Gasteiger partial charge < -0.3 is 5.73 Å². The van der Waals surface area contributed by atoms with Gasteiger partial charge in [0.1, 0.15) is 5.82 Å². The van der Waals surface area contributed by atoms with Gasteiger partial charge in [0, 0.05) is 0 Å². The monoisotopic (exact) mass is 269 g/mol. The van der Waals surface area contributed by atoms with Crippen molar-refractivity contribution in [1.29, 1.82) is 0 Å². The Hall–Kier alpha value is -0.600. The molecule has 18 heavy (non-hydrogen) atoms. The molecule has 3 heteroatoms. The second-order valence-corrected chi connectivity index (χ2v) is 5.69. The molecule has 0 heterocycles. The molecule has 0 aromatic heterocycles. The summed E-state index contributed by atoms with van der Waals surface area (Å²) in [4.78, 5) is 0. The molecule has 1 aromatic rings. The minimum Gasteiger partial charge on any atom is -0.330 e. The summed E-state index contributed by atoms with van der Waals surface area (Å²) in [7, 11) is 0. The predicted octanol–water partition coefficient (Wildman–Crippen LogP) is 4.18. The zero-order valence-corrected chi connectivity index (χ0v) is 11.4. The van der Waals surface area contributed by atoms with Gasteiger partial charge in [0.25, 0.3) is 0 Å². The Labute approximate surface area is 114 Å². The van der Waals surface area contributed by atoms with Crippen LogP contribution in [0.1, 0.15) is 37.7 Å². The van der Waals surface area contributed by atoms with Crippen molar-refractivity contribution in [3.63, 3.8) is 0 Å². The summed E-state index contributed by atoms with van der Waals surface area (Å²) in [5.74, 6) is 0.802. The molecule has 0 amide bonds. The van der Waals surface area contributed by atoms with Crippen LogP contribution < -0.4 is 5.73 Å². The summed E-state index contributed by atoms with van der Waals surface area (Å²) in [5, 5.41) is 0.289. The highest BCUT2D eigenvalue weighted by Gasteiger charge is 2.23. The molecule has 1 aliphatic carbocycles. The topological polar surface area (TPSA) is 26.0 Å². The fourth-order valence-electron chi connectivity index (χ4n) is 3.03. The van der Waals surface area contributed by atoms with E-state index in [2.05, 4.69) is 0 Å². The smallest absolute Gasteiger partial charge is 0.142 e. The van der Waals surface area contributed by atoms with Crippen LogP contribution in [0.5, 0.6) is 0 Å². The maximum absolute atomic E-state index is 13.4. The maximum Gasteiger partial charge on any atom is 0.142 e. The van der Waals surface area contributed by atoms with Gasteiger partial charge in [-0.2, -0.15) is 0 Å². The van der Waals surface area contributed by atoms with Gasteiger partial charge in [0.15, 0.2) is 0 Å². The zero-order valence-electron chi connectivity index (χ0n) is 10.7. The van der Waals surface area contributed by atoms with Crippen molar-refractivity contribution >= 4 is 11.6 Å². The molecule has 100 valence electrons. The lowest BCUT2D eigenvalue weighted by atomic mass is 9.83. The Kier molecular flexibility index (Phi) is 5.02. The van der Waals surface area contributed by atoms with Crippen molar-refractivity contribution < 1.29 is 4.39 Å². The second kappa shape index (κ2) is 6.53. The lowest BCUT2D eigenvalue weighted by molar-refractivity contribution is 0.318. The Morgan fingerprint density at radius 1 is 1.17 bits per heavy atom. The molecule has 1 fully saturated rings. The van der Waals surface area contributed by atoms with Crippen LogP contribution in [-0.2, 0) is 6.42 Å². The molecule has 2 rings (SSSR count). The van der Waals surface area contributed by atoms with Crippen LogP contribution in [0.15, 0.2) is 18.2 Å². The largest absolute Gasteiger partial charge is 0.330 e. The number of nitrogens with two attached hydrogens (primary N) is 1. The van der Waals surface area contributed by atoms with Crippen molar-refractivity contribution in [2.24, 2.45) is 17.6 Å². The maximum atomic E-state index is 13.4. The first-order valence-electron chi connectivity index (χ1n) is 6.85. The lowest BCUT2D eigenvalue weighted by Crippen LogP contribution is -2.24. The minimum absolute atomic E-state index is 0.289. The summed E-state index contributed by atoms with van der Waals surface area (Å²) in [5.41, 5.74) is 6.81. The van der Waals surface area contributed by atoms with Gasteiger partial charge in [0.2, 0.25) is 0 Å². The summed E-state index contributed by atoms with van der Waals surface area (Å²) >= 11 is 6.04. The van der Waals surface area contributed by atoms with E-state index in [-0.39, 0.29) is 10.8 Å². The third-order valence-electron chi connectivity index (χ3n) is 4.13. The standard InChI is InChI=1S/C15H21ClFN/c16-15-12(7-4-8-14(15)17)9-11-5-2-1-3-6-13(11)10-18/h4,7-8,11,13H,1-3,5-6,9-10,18H2. The van der Waals surface area contributed by atoms with E-state index in [4.69, 9.17) is 17.3 Å². The Morgan fingerprint density at radius 3 is 2.61 bits per heavy atom. The van der Waals surface area contributed by atoms with Crippen LogP contribution in [0.4, 0.5) is 4.39 Å². The summed E-state index contributed by atoms with van der Waals surface area (Å²) in [6, 6.07) is 5.09. The highest BCUT2D eigenvalue weighted by atomic mass is 35.5. The van der Waals surface area contributed by atoms with Gasteiger partial charge in [-0.3, -0.25) is 0 Å². The van der Waals surface area contributed by atoms with E-state index in [0.29, 0.717) is 11.8 Å². The lowest BCUT2D eigenvalue weighted by Gasteiger charge is -2.24. The molecular formula is C15H21ClFN. The van der Waals surface area contributed by atoms with Crippen molar-refractivity contribution in [2.45, 2.75) is 38.5 Å². The molecule has 0 radical (unpaired) electrons. The van der Waals surface area contributed by atoms with Crippen LogP contribution in [0.25, 0.3) is 0 Å². The number of hydrogen-bond acceptors (Lipinski definition) is 1. The van der Waals surface area contributed by atoms with Gasteiger partial charge in [0.05, 0.1) is 5.02 Å². The van der Waals surface area contributed by atoms with Crippen molar-refractivity contribution in [2.75, 3.05) is 6.54 Å². The third kappa shape index (κ3) is 3.24. The predicted molar refractivity (Wildman–Crippen MR) is 74.2 cm³/mol. The first-order chi connectivity index (χ1) is 8.72. The fourth-order valence-corrected chi connectivity index (χ4v) is 3.23. The van der Waals surface area contributed by atoms with Gasteiger partial charge in [-0.1, -0.05) is 43.0 Å². The average Bonchev–Trinajstić information content (AvgIpc) is 2.60. The number of halogens is 2. The van der Waals surface area contributed by atoms with Crippen molar-refractivity contribution in [3.8, 4) is 0 Å². The molecule has 2 unspecified atom stereocenters. The van der Waals surface area contributed by atoms with E-state index in [1.807, 2.05) is 6.07 Å². The molecule has 0 saturated heterocycles. The summed E-state index contributed by atoms with van der Waals surface area (Å²) < 4.78 is 13.4. The number of hydrogen-bond donors (Lipinski definition) is 1. The van der Waals surface area contributed by atoms with Gasteiger partial charge in [-0.25, -0.2) is 4.39 Å². The van der Waals surface area contributed by atoms with E-state index < -0.39 is 0 Å². The molecule has 1 saturated carbocycles. The molecule has 0 bridgehead atoms. The minimum atomic E-state index is -0.313. The van der Waals surface area contributed by atoms with Gasteiger partial charge in [-0.05, 0) is 49.3 Å². The van der Waals surface area contributed by atoms with Crippen LogP contribution in [-0.4, -0.2) is 6.54 Å². The van der Waals surface area contributed by atoms with Crippen molar-refractivity contribution in [3.05, 3.63) is 34.6 Å². The highest BCUT2D eigenvalue weighted by molar-refractivity contribution is 6.31. The van der Waals surface area contributed by atoms with Crippen LogP contribution in [0, 0.1) is 17.7 Å². The molecular weight excluding hydrogens is 249 g/mol. The van der Waals surface area contributed by atoms with Crippen molar-refractivity contribution in [1.82, 2.24) is 0 Å². The Balaban J connectivity index is 2.12. The highest BCUT2D eigenvalue weighted by Crippen LogP contribution is 2.33. The van der Waals surface area contributed by atoms with Crippen LogP contribution in [0.3, 0.4) is 0 Å². The van der Waals surface area contributed by atoms with Crippen LogP contribution in [0.2, 0.25) is 5.02 Å². The third-order valence-corrected chi connectivity index (χ3v) is 4.56. The van der Waals surface area contributed by atoms with Gasteiger partial charge in [-0.15, -0.1) is 0 Å².